The number of nitrogens with zero attached hydrogens (tertiary/aromatic N) is 3. The summed E-state index contributed by atoms with van der Waals surface area (Å²) in [5.74, 6) is -0.351. The summed E-state index contributed by atoms with van der Waals surface area (Å²) < 4.78 is 15.1. The monoisotopic (exact) mass is 436 g/mol. The van der Waals surface area contributed by atoms with Gasteiger partial charge in [0, 0.05) is 11.9 Å². The average molecular weight is 437 g/mol. The molecule has 0 saturated heterocycles. The van der Waals surface area contributed by atoms with E-state index in [1.54, 1.807) is 12.1 Å². The van der Waals surface area contributed by atoms with Crippen LogP contribution in [0.2, 0.25) is 0 Å². The number of rotatable bonds is 7. The quantitative estimate of drug-likeness (QED) is 0.460. The third-order valence-electron chi connectivity index (χ3n) is 5.13. The van der Waals surface area contributed by atoms with Crippen LogP contribution >= 0.6 is 11.3 Å². The second kappa shape index (κ2) is 8.99. The molecule has 31 heavy (non-hydrogen) atoms. The summed E-state index contributed by atoms with van der Waals surface area (Å²) in [4.78, 5) is 16.8. The first-order valence-corrected chi connectivity index (χ1v) is 10.9. The van der Waals surface area contributed by atoms with Gasteiger partial charge in [-0.2, -0.15) is 5.10 Å². The second-order valence-electron chi connectivity index (χ2n) is 7.90. The first kappa shape index (κ1) is 21.2. The van der Waals surface area contributed by atoms with Crippen LogP contribution in [0.3, 0.4) is 0 Å². The highest BCUT2D eigenvalue weighted by atomic mass is 32.1. The first-order chi connectivity index (χ1) is 14.9. The molecule has 0 bridgehead atoms. The van der Waals surface area contributed by atoms with Crippen molar-refractivity contribution in [3.8, 4) is 0 Å². The van der Waals surface area contributed by atoms with E-state index in [1.165, 1.54) is 23.5 Å². The molecule has 2 aromatic heterocycles. The Hall–Kier alpha value is -3.03. The highest BCUT2D eigenvalue weighted by Crippen LogP contribution is 2.29. The number of carbonyl (C=O) groups is 1. The van der Waals surface area contributed by atoms with E-state index < -0.39 is 0 Å². The van der Waals surface area contributed by atoms with Gasteiger partial charge in [-0.3, -0.25) is 9.48 Å². The number of amides is 1. The normalized spacial score (nSPS) is 12.4. The molecule has 160 valence electrons. The number of thiophene rings is 1. The predicted molar refractivity (Wildman–Crippen MR) is 123 cm³/mol. The van der Waals surface area contributed by atoms with Crippen LogP contribution in [0.25, 0.3) is 10.2 Å². The molecule has 0 radical (unpaired) electrons. The van der Waals surface area contributed by atoms with Gasteiger partial charge in [0.2, 0.25) is 0 Å². The Morgan fingerprint density at radius 1 is 1.16 bits per heavy atom. The summed E-state index contributed by atoms with van der Waals surface area (Å²) in [6.07, 6.45) is 0. The minimum Gasteiger partial charge on any atom is -0.343 e. The molecule has 0 fully saturated rings. The molecule has 4 rings (SSSR count). The van der Waals surface area contributed by atoms with E-state index in [0.717, 1.165) is 27.0 Å². The third kappa shape index (κ3) is 4.84. The Bertz CT molecular complexity index is 1180. The van der Waals surface area contributed by atoms with E-state index in [0.29, 0.717) is 18.0 Å². The average Bonchev–Trinajstić information content (AvgIpc) is 3.31. The molecular formula is C24H25FN4OS. The summed E-state index contributed by atoms with van der Waals surface area (Å²) in [5.41, 5.74) is 2.91. The molecule has 0 saturated carbocycles. The van der Waals surface area contributed by atoms with E-state index in [2.05, 4.69) is 15.3 Å². The Morgan fingerprint density at radius 3 is 2.55 bits per heavy atom. The van der Waals surface area contributed by atoms with Crippen LogP contribution < -0.4 is 5.32 Å². The number of likely N-dealkylation sites (N-methyl/N-ethyl adjacent to an activating group) is 1. The number of nitrogens with one attached hydrogen (secondary N) is 1. The zero-order valence-corrected chi connectivity index (χ0v) is 18.6. The highest BCUT2D eigenvalue weighted by molar-refractivity contribution is 7.20. The number of aromatic nitrogens is 2. The minimum atomic E-state index is -0.258. The fourth-order valence-corrected chi connectivity index (χ4v) is 4.67. The molecule has 1 amide bonds. The van der Waals surface area contributed by atoms with Crippen LogP contribution in [0.1, 0.15) is 32.5 Å². The van der Waals surface area contributed by atoms with Crippen LogP contribution in [0.15, 0.2) is 60.7 Å². The maximum atomic E-state index is 13.2. The maximum absolute atomic E-state index is 13.2. The molecule has 4 aromatic rings. The zero-order valence-electron chi connectivity index (χ0n) is 17.8. The van der Waals surface area contributed by atoms with Crippen molar-refractivity contribution < 1.29 is 9.18 Å². The minimum absolute atomic E-state index is 0.0929. The highest BCUT2D eigenvalue weighted by Gasteiger charge is 2.20. The number of fused-ring (bicyclic) bond motifs is 1. The summed E-state index contributed by atoms with van der Waals surface area (Å²) in [5, 5.41) is 8.77. The Kier molecular flexibility index (Phi) is 6.15. The molecule has 2 heterocycles. The van der Waals surface area contributed by atoms with E-state index in [9.17, 15) is 9.18 Å². The number of benzene rings is 2. The van der Waals surface area contributed by atoms with Crippen molar-refractivity contribution in [1.29, 1.82) is 0 Å². The number of aryl methyl sites for hydroxylation is 1. The number of carbonyl (C=O) groups excluding carboxylic acids is 1. The van der Waals surface area contributed by atoms with Crippen molar-refractivity contribution in [3.63, 3.8) is 0 Å². The van der Waals surface area contributed by atoms with E-state index in [1.807, 2.05) is 62.1 Å². The van der Waals surface area contributed by atoms with Gasteiger partial charge in [-0.25, -0.2) is 4.39 Å². The molecule has 0 aliphatic heterocycles. The summed E-state index contributed by atoms with van der Waals surface area (Å²) in [6.45, 7) is 3.17. The summed E-state index contributed by atoms with van der Waals surface area (Å²) >= 11 is 1.43. The number of halogens is 1. The van der Waals surface area contributed by atoms with Crippen LogP contribution in [-0.4, -0.2) is 41.2 Å². The van der Waals surface area contributed by atoms with Crippen LogP contribution in [0.4, 0.5) is 4.39 Å². The fraction of sp³-hybridized carbons (Fsp3) is 0.250. The zero-order chi connectivity index (χ0) is 22.0. The van der Waals surface area contributed by atoms with Crippen LogP contribution in [0.5, 0.6) is 0 Å². The Morgan fingerprint density at radius 2 is 1.87 bits per heavy atom. The topological polar surface area (TPSA) is 50.2 Å². The van der Waals surface area contributed by atoms with Gasteiger partial charge in [0.15, 0.2) is 0 Å². The lowest BCUT2D eigenvalue weighted by atomic mass is 10.1. The SMILES string of the molecule is Cc1nn(Cc2ccc(F)cc2)c2sc(C(=O)N[C@@H](CN(C)C)c3ccccc3)cc12. The molecule has 7 heteroatoms. The molecule has 0 spiro atoms. The van der Waals surface area contributed by atoms with E-state index in [-0.39, 0.29) is 17.8 Å². The van der Waals surface area contributed by atoms with Crippen molar-refractivity contribution in [1.82, 2.24) is 20.0 Å². The number of hydrogen-bond donors (Lipinski definition) is 1. The van der Waals surface area contributed by atoms with Gasteiger partial charge < -0.3 is 10.2 Å². The van der Waals surface area contributed by atoms with Crippen molar-refractivity contribution >= 4 is 27.5 Å². The van der Waals surface area contributed by atoms with Crippen molar-refractivity contribution in [3.05, 3.63) is 88.2 Å². The van der Waals surface area contributed by atoms with Gasteiger partial charge in [-0.1, -0.05) is 42.5 Å². The Balaban J connectivity index is 1.58. The summed E-state index contributed by atoms with van der Waals surface area (Å²) in [7, 11) is 3.99. The maximum Gasteiger partial charge on any atom is 0.261 e. The van der Waals surface area contributed by atoms with Crippen LogP contribution in [0, 0.1) is 12.7 Å². The molecule has 0 aliphatic carbocycles. The van der Waals surface area contributed by atoms with Gasteiger partial charge >= 0.3 is 0 Å². The third-order valence-corrected chi connectivity index (χ3v) is 6.28. The molecular weight excluding hydrogens is 411 g/mol. The molecule has 0 aliphatic rings. The van der Waals surface area contributed by atoms with Crippen molar-refractivity contribution in [2.24, 2.45) is 0 Å². The summed E-state index contributed by atoms with van der Waals surface area (Å²) in [6, 6.07) is 18.2. The van der Waals surface area contributed by atoms with Gasteiger partial charge in [0.25, 0.3) is 5.91 Å². The first-order valence-electron chi connectivity index (χ1n) is 10.1. The lowest BCUT2D eigenvalue weighted by Crippen LogP contribution is -2.34. The van der Waals surface area contributed by atoms with E-state index in [4.69, 9.17) is 0 Å². The van der Waals surface area contributed by atoms with E-state index >= 15 is 0 Å². The smallest absolute Gasteiger partial charge is 0.261 e. The second-order valence-corrected chi connectivity index (χ2v) is 8.93. The number of hydrogen-bond acceptors (Lipinski definition) is 4. The predicted octanol–water partition coefficient (Wildman–Crippen LogP) is 4.63. The molecule has 1 N–H and O–H groups in total. The largest absolute Gasteiger partial charge is 0.343 e. The lowest BCUT2D eigenvalue weighted by Gasteiger charge is -2.22. The van der Waals surface area contributed by atoms with Gasteiger partial charge in [0.1, 0.15) is 10.6 Å². The molecule has 0 unspecified atom stereocenters. The van der Waals surface area contributed by atoms with Crippen molar-refractivity contribution in [2.75, 3.05) is 20.6 Å². The van der Waals surface area contributed by atoms with Crippen LogP contribution in [-0.2, 0) is 6.54 Å². The van der Waals surface area contributed by atoms with Gasteiger partial charge in [-0.15, -0.1) is 11.3 Å². The van der Waals surface area contributed by atoms with Gasteiger partial charge in [0.05, 0.1) is 23.2 Å². The Labute approximate surface area is 185 Å². The fourth-order valence-electron chi connectivity index (χ4n) is 3.61. The standard InChI is InChI=1S/C24H25FN4OS/c1-16-20-13-22(23(30)26-21(15-28(2)3)18-7-5-4-6-8-18)31-24(20)29(27-16)14-17-9-11-19(25)12-10-17/h4-13,21H,14-15H2,1-3H3,(H,26,30)/t21-/m0/s1. The lowest BCUT2D eigenvalue weighted by molar-refractivity contribution is 0.0934. The molecule has 2 aromatic carbocycles. The molecule has 5 nitrogen and oxygen atoms in total. The van der Waals surface area contributed by atoms with Crippen molar-refractivity contribution in [2.45, 2.75) is 19.5 Å². The van der Waals surface area contributed by atoms with Gasteiger partial charge in [-0.05, 0) is 50.3 Å². The molecule has 1 atom stereocenters.